The van der Waals surface area contributed by atoms with Crippen LogP contribution in [-0.4, -0.2) is 47.1 Å². The monoisotopic (exact) mass is 325 g/mol. The Bertz CT molecular complexity index is 495. The van der Waals surface area contributed by atoms with Gasteiger partial charge in [0.25, 0.3) is 0 Å². The maximum atomic E-state index is 12.7. The fourth-order valence-corrected chi connectivity index (χ4v) is 3.83. The standard InChI is InChI=1S/C16H27N3O2S/c1-11-7-6-8-12(2)19(11)16(20)18(4)9-14-10-22-15(17-14)13(3)21-5/h10-13H,6-9H2,1-5H3/t11-,12+,13-/m1/s1. The summed E-state index contributed by atoms with van der Waals surface area (Å²) in [6.45, 7) is 6.81. The van der Waals surface area contributed by atoms with Gasteiger partial charge >= 0.3 is 6.03 Å². The van der Waals surface area contributed by atoms with E-state index in [1.165, 1.54) is 6.42 Å². The molecule has 0 radical (unpaired) electrons. The van der Waals surface area contributed by atoms with Gasteiger partial charge in [0.05, 0.1) is 12.2 Å². The second-order valence-electron chi connectivity index (χ2n) is 6.23. The van der Waals surface area contributed by atoms with Crippen molar-refractivity contribution < 1.29 is 9.53 Å². The predicted molar refractivity (Wildman–Crippen MR) is 89.0 cm³/mol. The van der Waals surface area contributed by atoms with Crippen LogP contribution in [0.4, 0.5) is 4.79 Å². The number of ether oxygens (including phenoxy) is 1. The minimum absolute atomic E-state index is 0.00176. The highest BCUT2D eigenvalue weighted by Gasteiger charge is 2.31. The van der Waals surface area contributed by atoms with Crippen LogP contribution in [0.15, 0.2) is 5.38 Å². The second-order valence-corrected chi connectivity index (χ2v) is 7.12. The Hall–Kier alpha value is -1.14. The summed E-state index contributed by atoms with van der Waals surface area (Å²) in [7, 11) is 3.54. The molecule has 2 heterocycles. The van der Waals surface area contributed by atoms with Crippen molar-refractivity contribution in [3.05, 3.63) is 16.1 Å². The molecule has 1 saturated heterocycles. The molecule has 22 heavy (non-hydrogen) atoms. The molecule has 0 bridgehead atoms. The van der Waals surface area contributed by atoms with Crippen molar-refractivity contribution in [2.24, 2.45) is 0 Å². The number of amides is 2. The van der Waals surface area contributed by atoms with Crippen LogP contribution >= 0.6 is 11.3 Å². The number of piperidine rings is 1. The van der Waals surface area contributed by atoms with Gasteiger partial charge < -0.3 is 14.5 Å². The van der Waals surface area contributed by atoms with Crippen molar-refractivity contribution in [3.8, 4) is 0 Å². The van der Waals surface area contributed by atoms with Crippen LogP contribution in [0.2, 0.25) is 0 Å². The number of urea groups is 1. The lowest BCUT2D eigenvalue weighted by atomic mass is 9.98. The van der Waals surface area contributed by atoms with Gasteiger partial charge in [-0.3, -0.25) is 0 Å². The predicted octanol–water partition coefficient (Wildman–Crippen LogP) is 3.67. The molecule has 6 heteroatoms. The summed E-state index contributed by atoms with van der Waals surface area (Å²) in [5.74, 6) is 0. The largest absolute Gasteiger partial charge is 0.375 e. The van der Waals surface area contributed by atoms with Gasteiger partial charge in [-0.05, 0) is 40.0 Å². The number of rotatable bonds is 4. The van der Waals surface area contributed by atoms with E-state index in [9.17, 15) is 4.79 Å². The lowest BCUT2D eigenvalue weighted by Gasteiger charge is -2.41. The molecular weight excluding hydrogens is 298 g/mol. The number of aromatic nitrogens is 1. The summed E-state index contributed by atoms with van der Waals surface area (Å²) < 4.78 is 5.28. The van der Waals surface area contributed by atoms with Crippen LogP contribution in [0.25, 0.3) is 0 Å². The summed E-state index contributed by atoms with van der Waals surface area (Å²) in [5, 5.41) is 2.97. The maximum Gasteiger partial charge on any atom is 0.320 e. The number of nitrogens with zero attached hydrogens (tertiary/aromatic N) is 3. The molecule has 124 valence electrons. The number of likely N-dealkylation sites (tertiary alicyclic amines) is 1. The average molecular weight is 325 g/mol. The van der Waals surface area contributed by atoms with E-state index >= 15 is 0 Å². The molecule has 1 fully saturated rings. The van der Waals surface area contributed by atoms with Crippen LogP contribution in [0.3, 0.4) is 0 Å². The smallest absolute Gasteiger partial charge is 0.320 e. The Balaban J connectivity index is 2.00. The first-order valence-electron chi connectivity index (χ1n) is 7.94. The van der Waals surface area contributed by atoms with Crippen molar-refractivity contribution >= 4 is 17.4 Å². The maximum absolute atomic E-state index is 12.7. The third-order valence-corrected chi connectivity index (χ3v) is 5.47. The molecular formula is C16H27N3O2S. The van der Waals surface area contributed by atoms with Gasteiger partial charge in [-0.1, -0.05) is 0 Å². The highest BCUT2D eigenvalue weighted by Crippen LogP contribution is 2.25. The first-order valence-corrected chi connectivity index (χ1v) is 8.82. The fraction of sp³-hybridized carbons (Fsp3) is 0.750. The Morgan fingerprint density at radius 3 is 2.73 bits per heavy atom. The molecule has 3 atom stereocenters. The van der Waals surface area contributed by atoms with E-state index in [4.69, 9.17) is 4.74 Å². The van der Waals surface area contributed by atoms with E-state index in [0.29, 0.717) is 18.6 Å². The van der Waals surface area contributed by atoms with Crippen molar-refractivity contribution in [1.29, 1.82) is 0 Å². The Morgan fingerprint density at radius 2 is 2.14 bits per heavy atom. The fourth-order valence-electron chi connectivity index (χ4n) is 2.99. The zero-order valence-electron chi connectivity index (χ0n) is 14.2. The summed E-state index contributed by atoms with van der Waals surface area (Å²) in [5.41, 5.74) is 0.928. The van der Waals surface area contributed by atoms with E-state index < -0.39 is 0 Å². The summed E-state index contributed by atoms with van der Waals surface area (Å²) >= 11 is 1.58. The van der Waals surface area contributed by atoms with Gasteiger partial charge in [0.1, 0.15) is 11.1 Å². The molecule has 5 nitrogen and oxygen atoms in total. The lowest BCUT2D eigenvalue weighted by molar-refractivity contribution is 0.0964. The van der Waals surface area contributed by atoms with Crippen LogP contribution < -0.4 is 0 Å². The van der Waals surface area contributed by atoms with E-state index in [1.807, 2.05) is 24.3 Å². The molecule has 0 spiro atoms. The van der Waals surface area contributed by atoms with Crippen LogP contribution in [-0.2, 0) is 11.3 Å². The zero-order chi connectivity index (χ0) is 16.3. The number of carbonyl (C=O) groups is 1. The molecule has 0 aromatic carbocycles. The van der Waals surface area contributed by atoms with Gasteiger partial charge in [0, 0.05) is 31.6 Å². The van der Waals surface area contributed by atoms with Gasteiger partial charge in [0.15, 0.2) is 0 Å². The molecule has 0 unspecified atom stereocenters. The van der Waals surface area contributed by atoms with Crippen molar-refractivity contribution in [1.82, 2.24) is 14.8 Å². The zero-order valence-corrected chi connectivity index (χ0v) is 15.0. The molecule has 1 aromatic rings. The van der Waals surface area contributed by atoms with Crippen LogP contribution in [0, 0.1) is 0 Å². The van der Waals surface area contributed by atoms with Gasteiger partial charge in [-0.15, -0.1) is 11.3 Å². The molecule has 2 rings (SSSR count). The minimum Gasteiger partial charge on any atom is -0.375 e. The topological polar surface area (TPSA) is 45.7 Å². The van der Waals surface area contributed by atoms with Gasteiger partial charge in [-0.25, -0.2) is 9.78 Å². The average Bonchev–Trinajstić information content (AvgIpc) is 2.94. The Morgan fingerprint density at radius 1 is 1.50 bits per heavy atom. The van der Waals surface area contributed by atoms with Crippen molar-refractivity contribution in [3.63, 3.8) is 0 Å². The normalized spacial score (nSPS) is 23.4. The number of methoxy groups -OCH3 is 1. The lowest BCUT2D eigenvalue weighted by Crippen LogP contribution is -2.52. The Labute approximate surface area is 137 Å². The highest BCUT2D eigenvalue weighted by molar-refractivity contribution is 7.09. The van der Waals surface area contributed by atoms with Gasteiger partial charge in [-0.2, -0.15) is 0 Å². The molecule has 1 aromatic heterocycles. The first-order chi connectivity index (χ1) is 10.4. The third-order valence-electron chi connectivity index (χ3n) is 4.41. The number of hydrogen-bond donors (Lipinski definition) is 0. The van der Waals surface area contributed by atoms with E-state index in [0.717, 1.165) is 23.5 Å². The van der Waals surface area contributed by atoms with Crippen molar-refractivity contribution in [2.75, 3.05) is 14.2 Å². The summed E-state index contributed by atoms with van der Waals surface area (Å²) in [4.78, 5) is 21.1. The summed E-state index contributed by atoms with van der Waals surface area (Å²) in [6, 6.07) is 0.741. The number of hydrogen-bond acceptors (Lipinski definition) is 4. The minimum atomic E-state index is 0.00176. The molecule has 0 aliphatic carbocycles. The quantitative estimate of drug-likeness (QED) is 0.848. The first kappa shape index (κ1) is 17.2. The molecule has 2 amide bonds. The molecule has 0 saturated carbocycles. The third kappa shape index (κ3) is 3.79. The van der Waals surface area contributed by atoms with Gasteiger partial charge in [0.2, 0.25) is 0 Å². The van der Waals surface area contributed by atoms with E-state index in [-0.39, 0.29) is 12.1 Å². The van der Waals surface area contributed by atoms with Crippen molar-refractivity contribution in [2.45, 2.75) is 64.8 Å². The van der Waals surface area contributed by atoms with E-state index in [1.54, 1.807) is 23.3 Å². The molecule has 0 N–H and O–H groups in total. The molecule has 1 aliphatic rings. The SMILES string of the molecule is CO[C@H](C)c1nc(CN(C)C(=O)N2[C@H](C)CCC[C@@H]2C)cs1. The number of thiazole rings is 1. The summed E-state index contributed by atoms with van der Waals surface area (Å²) in [6.07, 6.45) is 3.40. The highest BCUT2D eigenvalue weighted by atomic mass is 32.1. The van der Waals surface area contributed by atoms with Crippen LogP contribution in [0.5, 0.6) is 0 Å². The second kappa shape index (κ2) is 7.42. The molecule has 1 aliphatic heterocycles. The van der Waals surface area contributed by atoms with E-state index in [2.05, 4.69) is 18.8 Å². The van der Waals surface area contributed by atoms with Crippen LogP contribution in [0.1, 0.15) is 56.8 Å². The Kier molecular flexibility index (Phi) is 5.81. The number of carbonyl (C=O) groups excluding carboxylic acids is 1.